The molecule has 1 aromatic rings. The average molecular weight is 313 g/mol. The Bertz CT molecular complexity index is 474. The second kappa shape index (κ2) is 7.34. The Kier molecular flexibility index (Phi) is 5.73. The highest BCUT2D eigenvalue weighted by Crippen LogP contribution is 2.34. The van der Waals surface area contributed by atoms with Crippen molar-refractivity contribution >= 4 is 11.6 Å². The molecule has 5 heteroatoms. The number of hydrogen-bond acceptors (Lipinski definition) is 4. The summed E-state index contributed by atoms with van der Waals surface area (Å²) in [6.45, 7) is 4.07. The van der Waals surface area contributed by atoms with Crippen LogP contribution in [0.25, 0.3) is 0 Å². The number of likely N-dealkylation sites (tertiary alicyclic amines) is 1. The van der Waals surface area contributed by atoms with E-state index in [1.807, 2.05) is 6.07 Å². The van der Waals surface area contributed by atoms with E-state index in [-0.39, 0.29) is 5.75 Å². The molecule has 0 spiro atoms. The van der Waals surface area contributed by atoms with E-state index in [0.717, 1.165) is 18.0 Å². The standard InChI is InChI=1S/C16H25ClN2O2/c1-18-6-4-12(5-7-18)10-19(2)11-13-8-14(17)9-15(21-3)16(13)20/h8-9,12,20H,4-7,10-11H2,1-3H3. The Labute approximate surface area is 132 Å². The van der Waals surface area contributed by atoms with E-state index >= 15 is 0 Å². The molecule has 0 aromatic heterocycles. The van der Waals surface area contributed by atoms with Gasteiger partial charge in [-0.15, -0.1) is 0 Å². The van der Waals surface area contributed by atoms with Gasteiger partial charge < -0.3 is 19.6 Å². The fourth-order valence-electron chi connectivity index (χ4n) is 2.95. The van der Waals surface area contributed by atoms with Gasteiger partial charge in [0, 0.05) is 29.7 Å². The summed E-state index contributed by atoms with van der Waals surface area (Å²) in [7, 11) is 5.80. The molecule has 21 heavy (non-hydrogen) atoms. The molecule has 0 bridgehead atoms. The van der Waals surface area contributed by atoms with Crippen molar-refractivity contribution < 1.29 is 9.84 Å². The van der Waals surface area contributed by atoms with Crippen LogP contribution in [0.3, 0.4) is 0 Å². The van der Waals surface area contributed by atoms with Gasteiger partial charge in [-0.05, 0) is 52.0 Å². The van der Waals surface area contributed by atoms with Crippen molar-refractivity contribution in [3.8, 4) is 11.5 Å². The van der Waals surface area contributed by atoms with Crippen molar-refractivity contribution in [1.29, 1.82) is 0 Å². The number of phenols is 1. The Hall–Kier alpha value is -0.970. The molecule has 1 heterocycles. The summed E-state index contributed by atoms with van der Waals surface area (Å²) < 4.78 is 5.15. The normalized spacial score (nSPS) is 17.4. The molecular weight excluding hydrogens is 288 g/mol. The number of ether oxygens (including phenoxy) is 1. The number of methoxy groups -OCH3 is 1. The summed E-state index contributed by atoms with van der Waals surface area (Å²) in [6.07, 6.45) is 2.48. The molecule has 4 nitrogen and oxygen atoms in total. The molecule has 2 rings (SSSR count). The second-order valence-corrected chi connectivity index (χ2v) is 6.50. The van der Waals surface area contributed by atoms with Crippen molar-refractivity contribution in [1.82, 2.24) is 9.80 Å². The van der Waals surface area contributed by atoms with Crippen molar-refractivity contribution in [2.75, 3.05) is 40.8 Å². The number of rotatable bonds is 5. The van der Waals surface area contributed by atoms with E-state index in [1.165, 1.54) is 33.0 Å². The third-order valence-corrected chi connectivity index (χ3v) is 4.41. The van der Waals surface area contributed by atoms with Crippen LogP contribution in [-0.4, -0.2) is 55.7 Å². The SMILES string of the molecule is COc1cc(Cl)cc(CN(C)CC2CCN(C)CC2)c1O. The van der Waals surface area contributed by atoms with Crippen LogP contribution in [0.15, 0.2) is 12.1 Å². The van der Waals surface area contributed by atoms with Crippen LogP contribution < -0.4 is 4.74 Å². The summed E-state index contributed by atoms with van der Waals surface area (Å²) in [6, 6.07) is 3.45. The van der Waals surface area contributed by atoms with Gasteiger partial charge in [0.2, 0.25) is 0 Å². The minimum atomic E-state index is 0.192. The van der Waals surface area contributed by atoms with Crippen molar-refractivity contribution in [3.05, 3.63) is 22.7 Å². The number of phenolic OH excluding ortho intramolecular Hbond substituents is 1. The Morgan fingerprint density at radius 1 is 1.38 bits per heavy atom. The summed E-state index contributed by atoms with van der Waals surface area (Å²) >= 11 is 6.08. The molecule has 0 radical (unpaired) electrons. The van der Waals surface area contributed by atoms with Gasteiger partial charge in [-0.2, -0.15) is 0 Å². The largest absolute Gasteiger partial charge is 0.504 e. The van der Waals surface area contributed by atoms with Crippen molar-refractivity contribution in [2.24, 2.45) is 5.92 Å². The molecule has 0 amide bonds. The zero-order valence-electron chi connectivity index (χ0n) is 13.1. The van der Waals surface area contributed by atoms with Crippen LogP contribution in [0.1, 0.15) is 18.4 Å². The summed E-state index contributed by atoms with van der Waals surface area (Å²) in [4.78, 5) is 4.63. The van der Waals surface area contributed by atoms with E-state index in [1.54, 1.807) is 6.07 Å². The topological polar surface area (TPSA) is 35.9 Å². The number of benzene rings is 1. The van der Waals surface area contributed by atoms with E-state index in [2.05, 4.69) is 23.9 Å². The number of piperidine rings is 1. The predicted octanol–water partition coefficient (Wildman–Crippen LogP) is 2.83. The Morgan fingerprint density at radius 3 is 2.67 bits per heavy atom. The lowest BCUT2D eigenvalue weighted by atomic mass is 9.96. The summed E-state index contributed by atoms with van der Waals surface area (Å²) in [5.74, 6) is 1.36. The lowest BCUT2D eigenvalue weighted by molar-refractivity contribution is 0.172. The number of hydrogen-bond donors (Lipinski definition) is 1. The highest BCUT2D eigenvalue weighted by atomic mass is 35.5. The lowest BCUT2D eigenvalue weighted by Gasteiger charge is -2.31. The molecule has 1 N–H and O–H groups in total. The maximum Gasteiger partial charge on any atom is 0.162 e. The minimum Gasteiger partial charge on any atom is -0.504 e. The molecule has 1 saturated heterocycles. The van der Waals surface area contributed by atoms with Gasteiger partial charge in [-0.25, -0.2) is 0 Å². The molecule has 118 valence electrons. The third-order valence-electron chi connectivity index (χ3n) is 4.19. The van der Waals surface area contributed by atoms with Gasteiger partial charge in [0.1, 0.15) is 0 Å². The van der Waals surface area contributed by atoms with Gasteiger partial charge >= 0.3 is 0 Å². The molecular formula is C16H25ClN2O2. The first-order chi connectivity index (χ1) is 9.99. The predicted molar refractivity (Wildman–Crippen MR) is 86.2 cm³/mol. The molecule has 1 fully saturated rings. The lowest BCUT2D eigenvalue weighted by Crippen LogP contribution is -2.35. The Morgan fingerprint density at radius 2 is 2.05 bits per heavy atom. The van der Waals surface area contributed by atoms with Gasteiger partial charge in [0.05, 0.1) is 7.11 Å². The zero-order chi connectivity index (χ0) is 15.4. The van der Waals surface area contributed by atoms with Crippen LogP contribution in [0, 0.1) is 5.92 Å². The molecule has 1 aromatic carbocycles. The van der Waals surface area contributed by atoms with E-state index < -0.39 is 0 Å². The van der Waals surface area contributed by atoms with Crippen LogP contribution in [0.5, 0.6) is 11.5 Å². The molecule has 0 saturated carbocycles. The third kappa shape index (κ3) is 4.50. The van der Waals surface area contributed by atoms with Crippen LogP contribution in [0.2, 0.25) is 5.02 Å². The zero-order valence-corrected chi connectivity index (χ0v) is 13.9. The molecule has 1 aliphatic rings. The average Bonchev–Trinajstić information content (AvgIpc) is 2.45. The minimum absolute atomic E-state index is 0.192. The molecule has 0 unspecified atom stereocenters. The summed E-state index contributed by atoms with van der Waals surface area (Å²) in [5, 5.41) is 10.8. The number of nitrogens with zero attached hydrogens (tertiary/aromatic N) is 2. The monoisotopic (exact) mass is 312 g/mol. The second-order valence-electron chi connectivity index (χ2n) is 6.06. The van der Waals surface area contributed by atoms with Gasteiger partial charge in [-0.1, -0.05) is 11.6 Å². The first-order valence-electron chi connectivity index (χ1n) is 7.42. The quantitative estimate of drug-likeness (QED) is 0.907. The van der Waals surface area contributed by atoms with Crippen molar-refractivity contribution in [2.45, 2.75) is 19.4 Å². The van der Waals surface area contributed by atoms with E-state index in [0.29, 0.717) is 17.3 Å². The van der Waals surface area contributed by atoms with Gasteiger partial charge in [0.25, 0.3) is 0 Å². The van der Waals surface area contributed by atoms with E-state index in [4.69, 9.17) is 16.3 Å². The maximum absolute atomic E-state index is 10.2. The first-order valence-corrected chi connectivity index (χ1v) is 7.80. The van der Waals surface area contributed by atoms with Crippen LogP contribution in [0.4, 0.5) is 0 Å². The smallest absolute Gasteiger partial charge is 0.162 e. The fraction of sp³-hybridized carbons (Fsp3) is 0.625. The molecule has 0 atom stereocenters. The van der Waals surface area contributed by atoms with Gasteiger partial charge in [-0.3, -0.25) is 0 Å². The molecule has 1 aliphatic heterocycles. The Balaban J connectivity index is 1.96. The number of aromatic hydroxyl groups is 1. The highest BCUT2D eigenvalue weighted by molar-refractivity contribution is 6.30. The summed E-state index contributed by atoms with van der Waals surface area (Å²) in [5.41, 5.74) is 0.815. The number of halogens is 1. The van der Waals surface area contributed by atoms with Crippen LogP contribution in [-0.2, 0) is 6.54 Å². The van der Waals surface area contributed by atoms with Gasteiger partial charge in [0.15, 0.2) is 11.5 Å². The first kappa shape index (κ1) is 16.4. The van der Waals surface area contributed by atoms with E-state index in [9.17, 15) is 5.11 Å². The molecule has 0 aliphatic carbocycles. The maximum atomic E-state index is 10.2. The van der Waals surface area contributed by atoms with Crippen molar-refractivity contribution in [3.63, 3.8) is 0 Å². The highest BCUT2D eigenvalue weighted by Gasteiger charge is 2.19. The van der Waals surface area contributed by atoms with Crippen LogP contribution >= 0.6 is 11.6 Å². The fourth-order valence-corrected chi connectivity index (χ4v) is 3.18.